The summed E-state index contributed by atoms with van der Waals surface area (Å²) in [5.41, 5.74) is 8.67. The van der Waals surface area contributed by atoms with Gasteiger partial charge in [-0.1, -0.05) is 18.2 Å². The number of unbranched alkanes of at least 4 members (excludes halogenated alkanes) is 2. The Morgan fingerprint density at radius 1 is 0.927 bits per heavy atom. The second kappa shape index (κ2) is 15.8. The molecule has 2 unspecified atom stereocenters. The second-order valence-corrected chi connectivity index (χ2v) is 10.6. The monoisotopic (exact) mass is 569 g/mol. The molecule has 2 aromatic rings. The Labute approximate surface area is 242 Å². The Hall–Kier alpha value is -3.02. The molecule has 0 aliphatic carbocycles. The van der Waals surface area contributed by atoms with Crippen molar-refractivity contribution in [2.24, 2.45) is 5.73 Å². The fourth-order valence-corrected chi connectivity index (χ4v) is 5.05. The van der Waals surface area contributed by atoms with E-state index in [4.69, 9.17) is 24.7 Å². The molecule has 2 heterocycles. The van der Waals surface area contributed by atoms with Gasteiger partial charge < -0.3 is 29.8 Å². The number of fused-ring (bicyclic) bond motifs is 1. The van der Waals surface area contributed by atoms with Gasteiger partial charge in [0.1, 0.15) is 24.3 Å². The number of rotatable bonds is 17. The standard InChI is InChI=1S/C31H43N3O7/c1-22(32)23-7-5-8-25(19-23)40-16-4-2-3-13-38-14-6-15-39-17-18-41-26-9-10-27-24(20-26)21-34(31(27)37)28-11-12-29(35)33-30(28)36/h5,7-10,19-20,22,28,31,37H,2-4,6,11-18,21,32H2,1H3,(H,33,35,36)/t22-,28?,31?/m1/s1. The van der Waals surface area contributed by atoms with Gasteiger partial charge in [0.2, 0.25) is 11.8 Å². The van der Waals surface area contributed by atoms with Crippen LogP contribution in [0.5, 0.6) is 11.5 Å². The van der Waals surface area contributed by atoms with Gasteiger partial charge in [-0.2, -0.15) is 0 Å². The highest BCUT2D eigenvalue weighted by atomic mass is 16.5. The molecule has 1 saturated heterocycles. The highest BCUT2D eigenvalue weighted by Crippen LogP contribution is 2.36. The molecule has 2 amide bonds. The van der Waals surface area contributed by atoms with E-state index >= 15 is 0 Å². The second-order valence-electron chi connectivity index (χ2n) is 10.6. The minimum absolute atomic E-state index is 0.00412. The molecule has 1 fully saturated rings. The van der Waals surface area contributed by atoms with Crippen LogP contribution in [0.2, 0.25) is 0 Å². The maximum Gasteiger partial charge on any atom is 0.244 e. The topological polar surface area (TPSA) is 133 Å². The van der Waals surface area contributed by atoms with Crippen molar-refractivity contribution in [3.8, 4) is 11.5 Å². The van der Waals surface area contributed by atoms with Crippen molar-refractivity contribution >= 4 is 11.8 Å². The van der Waals surface area contributed by atoms with Gasteiger partial charge in [-0.15, -0.1) is 0 Å². The number of ether oxygens (including phenoxy) is 4. The minimum Gasteiger partial charge on any atom is -0.494 e. The Kier molecular flexibility index (Phi) is 11.9. The number of aliphatic hydroxyl groups is 1. The van der Waals surface area contributed by atoms with Crippen LogP contribution in [-0.2, 0) is 25.6 Å². The molecule has 2 aliphatic heterocycles. The van der Waals surface area contributed by atoms with Crippen LogP contribution in [0.25, 0.3) is 0 Å². The average Bonchev–Trinajstić information content (AvgIpc) is 3.28. The van der Waals surface area contributed by atoms with Crippen molar-refractivity contribution in [3.63, 3.8) is 0 Å². The maximum atomic E-state index is 12.2. The molecule has 0 bridgehead atoms. The van der Waals surface area contributed by atoms with E-state index in [0.29, 0.717) is 51.7 Å². The first kappa shape index (κ1) is 30.9. The number of carbonyl (C=O) groups excluding carboxylic acids is 2. The predicted molar refractivity (Wildman–Crippen MR) is 153 cm³/mol. The summed E-state index contributed by atoms with van der Waals surface area (Å²) in [5, 5.41) is 13.1. The number of nitrogens with two attached hydrogens (primary N) is 1. The van der Waals surface area contributed by atoms with Gasteiger partial charge >= 0.3 is 0 Å². The lowest BCUT2D eigenvalue weighted by atomic mass is 10.0. The average molecular weight is 570 g/mol. The van der Waals surface area contributed by atoms with E-state index < -0.39 is 12.3 Å². The fraction of sp³-hybridized carbons (Fsp3) is 0.548. The van der Waals surface area contributed by atoms with E-state index in [9.17, 15) is 14.7 Å². The van der Waals surface area contributed by atoms with E-state index in [2.05, 4.69) is 5.32 Å². The van der Waals surface area contributed by atoms with Gasteiger partial charge in [-0.05, 0) is 74.4 Å². The van der Waals surface area contributed by atoms with Gasteiger partial charge in [0.25, 0.3) is 0 Å². The highest BCUT2D eigenvalue weighted by molar-refractivity contribution is 6.00. The summed E-state index contributed by atoms with van der Waals surface area (Å²) in [6.45, 7) is 5.96. The van der Waals surface area contributed by atoms with Crippen LogP contribution in [0.15, 0.2) is 42.5 Å². The van der Waals surface area contributed by atoms with E-state index in [1.54, 1.807) is 4.90 Å². The summed E-state index contributed by atoms with van der Waals surface area (Å²) in [6, 6.07) is 13.0. The van der Waals surface area contributed by atoms with Crippen LogP contribution >= 0.6 is 0 Å². The van der Waals surface area contributed by atoms with E-state index in [1.807, 2.05) is 49.4 Å². The molecule has 2 aliphatic rings. The largest absolute Gasteiger partial charge is 0.494 e. The number of benzene rings is 2. The third-order valence-corrected chi connectivity index (χ3v) is 7.33. The lowest BCUT2D eigenvalue weighted by Crippen LogP contribution is -2.51. The number of nitrogens with zero attached hydrogens (tertiary/aromatic N) is 1. The third-order valence-electron chi connectivity index (χ3n) is 7.33. The van der Waals surface area contributed by atoms with Crippen LogP contribution in [-0.4, -0.2) is 67.5 Å². The normalized spacial score (nSPS) is 19.6. The van der Waals surface area contributed by atoms with Gasteiger partial charge in [0.15, 0.2) is 0 Å². The van der Waals surface area contributed by atoms with Crippen molar-refractivity contribution in [1.29, 1.82) is 0 Å². The lowest BCUT2D eigenvalue weighted by Gasteiger charge is -2.31. The van der Waals surface area contributed by atoms with Crippen molar-refractivity contribution in [2.75, 3.05) is 39.6 Å². The van der Waals surface area contributed by atoms with Gasteiger partial charge in [-0.3, -0.25) is 19.8 Å². The number of imide groups is 1. The van der Waals surface area contributed by atoms with Crippen LogP contribution < -0.4 is 20.5 Å². The number of hydrogen-bond donors (Lipinski definition) is 3. The Balaban J connectivity index is 0.993. The number of carbonyl (C=O) groups is 2. The molecule has 10 nitrogen and oxygen atoms in total. The molecule has 0 aromatic heterocycles. The number of nitrogens with one attached hydrogen (secondary N) is 1. The van der Waals surface area contributed by atoms with Crippen molar-refractivity contribution in [3.05, 3.63) is 59.2 Å². The van der Waals surface area contributed by atoms with Crippen LogP contribution in [0.3, 0.4) is 0 Å². The smallest absolute Gasteiger partial charge is 0.244 e. The lowest BCUT2D eigenvalue weighted by molar-refractivity contribution is -0.141. The van der Waals surface area contributed by atoms with Gasteiger partial charge in [0, 0.05) is 44.4 Å². The summed E-state index contributed by atoms with van der Waals surface area (Å²) in [6.07, 6.45) is 3.67. The van der Waals surface area contributed by atoms with Crippen LogP contribution in [0.4, 0.5) is 0 Å². The van der Waals surface area contributed by atoms with E-state index in [-0.39, 0.29) is 24.3 Å². The predicted octanol–water partition coefficient (Wildman–Crippen LogP) is 3.37. The third kappa shape index (κ3) is 9.24. The van der Waals surface area contributed by atoms with Gasteiger partial charge in [0.05, 0.1) is 19.3 Å². The Morgan fingerprint density at radius 2 is 1.66 bits per heavy atom. The van der Waals surface area contributed by atoms with E-state index in [1.165, 1.54) is 0 Å². The fourth-order valence-electron chi connectivity index (χ4n) is 5.05. The first-order valence-corrected chi connectivity index (χ1v) is 14.6. The van der Waals surface area contributed by atoms with Crippen molar-refractivity contribution in [1.82, 2.24) is 10.2 Å². The molecule has 224 valence electrons. The molecule has 0 spiro atoms. The summed E-state index contributed by atoms with van der Waals surface area (Å²) in [7, 11) is 0. The summed E-state index contributed by atoms with van der Waals surface area (Å²) in [4.78, 5) is 25.4. The first-order chi connectivity index (χ1) is 19.9. The zero-order valence-electron chi connectivity index (χ0n) is 23.9. The van der Waals surface area contributed by atoms with Crippen molar-refractivity contribution < 1.29 is 33.6 Å². The van der Waals surface area contributed by atoms with E-state index in [0.717, 1.165) is 54.7 Å². The van der Waals surface area contributed by atoms with Crippen molar-refractivity contribution in [2.45, 2.75) is 70.3 Å². The Morgan fingerprint density at radius 3 is 2.46 bits per heavy atom. The molecular formula is C31H43N3O7. The van der Waals surface area contributed by atoms with Crippen LogP contribution in [0.1, 0.15) is 74.4 Å². The molecule has 2 aromatic carbocycles. The van der Waals surface area contributed by atoms with Crippen LogP contribution in [0, 0.1) is 0 Å². The molecule has 4 rings (SSSR count). The minimum atomic E-state index is -0.878. The molecule has 0 saturated carbocycles. The number of hydrogen-bond acceptors (Lipinski definition) is 9. The quantitative estimate of drug-likeness (QED) is 0.194. The molecule has 0 radical (unpaired) electrons. The molecular weight excluding hydrogens is 526 g/mol. The van der Waals surface area contributed by atoms with Gasteiger partial charge in [-0.25, -0.2) is 0 Å². The molecule has 3 atom stereocenters. The molecule has 10 heteroatoms. The first-order valence-electron chi connectivity index (χ1n) is 14.6. The molecule has 41 heavy (non-hydrogen) atoms. The number of amides is 2. The number of piperidine rings is 1. The highest BCUT2D eigenvalue weighted by Gasteiger charge is 2.39. The zero-order valence-corrected chi connectivity index (χ0v) is 23.9. The number of aliphatic hydroxyl groups excluding tert-OH is 1. The summed E-state index contributed by atoms with van der Waals surface area (Å²) >= 11 is 0. The maximum absolute atomic E-state index is 12.2. The summed E-state index contributed by atoms with van der Waals surface area (Å²) in [5.74, 6) is 0.939. The molecule has 4 N–H and O–H groups in total. The Bertz CT molecular complexity index is 1140. The summed E-state index contributed by atoms with van der Waals surface area (Å²) < 4.78 is 23.0. The SMILES string of the molecule is C[C@@H](N)c1cccc(OCCCCCOCCCOCCOc2ccc3c(c2)CN(C2CCC(=O)NC2=O)C3O)c1. The zero-order chi connectivity index (χ0) is 29.0.